The van der Waals surface area contributed by atoms with Gasteiger partial charge in [-0.2, -0.15) is 0 Å². The Balaban J connectivity index is 1.83. The van der Waals surface area contributed by atoms with Crippen molar-refractivity contribution in [3.8, 4) is 0 Å². The maximum absolute atomic E-state index is 12.2. The first-order valence-corrected chi connectivity index (χ1v) is 6.28. The minimum atomic E-state index is -0.0719. The number of rotatable bonds is 1. The molecule has 1 aromatic carbocycles. The molecule has 0 atom stereocenters. The van der Waals surface area contributed by atoms with Gasteiger partial charge >= 0.3 is 0 Å². The summed E-state index contributed by atoms with van der Waals surface area (Å²) in [6.45, 7) is 0.502. The van der Waals surface area contributed by atoms with Gasteiger partial charge in [-0.05, 0) is 12.1 Å². The second-order valence-corrected chi connectivity index (χ2v) is 4.59. The zero-order valence-electron chi connectivity index (χ0n) is 10.5. The molecule has 20 heavy (non-hydrogen) atoms. The summed E-state index contributed by atoms with van der Waals surface area (Å²) in [6, 6.07) is 9.89. The molecular formula is C15H10N4O. The predicted molar refractivity (Wildman–Crippen MR) is 74.8 cm³/mol. The summed E-state index contributed by atoms with van der Waals surface area (Å²) < 4.78 is 0. The van der Waals surface area contributed by atoms with Crippen LogP contribution in [0, 0.1) is 0 Å². The van der Waals surface area contributed by atoms with Crippen LogP contribution in [0.1, 0.15) is 16.1 Å². The van der Waals surface area contributed by atoms with Crippen LogP contribution in [-0.2, 0) is 0 Å². The topological polar surface area (TPSA) is 58.5 Å². The molecule has 0 N–H and O–H groups in total. The highest BCUT2D eigenvalue weighted by molar-refractivity contribution is 6.27. The normalized spacial score (nSPS) is 16.4. The van der Waals surface area contributed by atoms with Gasteiger partial charge in [0.1, 0.15) is 24.4 Å². The lowest BCUT2D eigenvalue weighted by Crippen LogP contribution is -2.26. The third kappa shape index (κ3) is 1.50. The van der Waals surface area contributed by atoms with Crippen LogP contribution in [0.4, 0.5) is 5.69 Å². The van der Waals surface area contributed by atoms with Gasteiger partial charge in [0.2, 0.25) is 0 Å². The molecule has 0 saturated carbocycles. The zero-order chi connectivity index (χ0) is 13.5. The lowest BCUT2D eigenvalue weighted by molar-refractivity contribution is 0.104. The monoisotopic (exact) mass is 262 g/mol. The van der Waals surface area contributed by atoms with Crippen LogP contribution in [-0.4, -0.2) is 28.1 Å². The number of para-hydroxylation sites is 1. The minimum Gasteiger partial charge on any atom is -0.319 e. The van der Waals surface area contributed by atoms with Crippen molar-refractivity contribution in [3.05, 3.63) is 65.9 Å². The van der Waals surface area contributed by atoms with E-state index in [0.29, 0.717) is 17.9 Å². The number of aliphatic imine (C=N–C) groups is 1. The van der Waals surface area contributed by atoms with E-state index >= 15 is 0 Å². The van der Waals surface area contributed by atoms with Crippen molar-refractivity contribution in [1.29, 1.82) is 0 Å². The number of hydrogen-bond donors (Lipinski definition) is 0. The number of aromatic nitrogens is 2. The molecule has 0 bridgehead atoms. The van der Waals surface area contributed by atoms with Crippen LogP contribution < -0.4 is 4.90 Å². The lowest BCUT2D eigenvalue weighted by Gasteiger charge is -2.22. The molecule has 5 heteroatoms. The summed E-state index contributed by atoms with van der Waals surface area (Å²) in [5.74, 6) is -0.0719. The number of ketones is 1. The SMILES string of the molecule is O=C1C=C2C(=NCN2c2ccccc2)c2ncncc21. The highest BCUT2D eigenvalue weighted by Crippen LogP contribution is 2.30. The Morgan fingerprint density at radius 1 is 1.15 bits per heavy atom. The maximum Gasteiger partial charge on any atom is 0.191 e. The van der Waals surface area contributed by atoms with Crippen molar-refractivity contribution in [2.75, 3.05) is 11.6 Å². The Morgan fingerprint density at radius 2 is 2.00 bits per heavy atom. The van der Waals surface area contributed by atoms with E-state index in [1.165, 1.54) is 6.33 Å². The van der Waals surface area contributed by atoms with Gasteiger partial charge in [0, 0.05) is 18.0 Å². The van der Waals surface area contributed by atoms with Crippen molar-refractivity contribution in [3.63, 3.8) is 0 Å². The van der Waals surface area contributed by atoms with E-state index in [-0.39, 0.29) is 5.78 Å². The average Bonchev–Trinajstić information content (AvgIpc) is 2.92. The van der Waals surface area contributed by atoms with Crippen LogP contribution in [0.15, 0.2) is 59.6 Å². The third-order valence-corrected chi connectivity index (χ3v) is 3.44. The van der Waals surface area contributed by atoms with Crippen molar-refractivity contribution in [2.24, 2.45) is 4.99 Å². The Morgan fingerprint density at radius 3 is 2.85 bits per heavy atom. The molecule has 1 aliphatic heterocycles. The average molecular weight is 262 g/mol. The number of carbonyl (C=O) groups is 1. The molecule has 4 rings (SSSR count). The first-order valence-electron chi connectivity index (χ1n) is 6.28. The Hall–Kier alpha value is -2.82. The number of nitrogens with zero attached hydrogens (tertiary/aromatic N) is 4. The number of hydrogen-bond acceptors (Lipinski definition) is 5. The van der Waals surface area contributed by atoms with E-state index < -0.39 is 0 Å². The second kappa shape index (κ2) is 4.09. The zero-order valence-corrected chi connectivity index (χ0v) is 10.5. The molecular weight excluding hydrogens is 252 g/mol. The minimum absolute atomic E-state index is 0.0719. The van der Waals surface area contributed by atoms with Crippen molar-refractivity contribution < 1.29 is 4.79 Å². The summed E-state index contributed by atoms with van der Waals surface area (Å²) in [5, 5.41) is 0. The molecule has 2 aromatic rings. The number of allylic oxidation sites excluding steroid dienone is 2. The predicted octanol–water partition coefficient (Wildman–Crippen LogP) is 1.82. The van der Waals surface area contributed by atoms with Gasteiger partial charge in [-0.1, -0.05) is 18.2 Å². The molecule has 0 radical (unpaired) electrons. The number of anilines is 1. The third-order valence-electron chi connectivity index (χ3n) is 3.44. The molecule has 5 nitrogen and oxygen atoms in total. The molecule has 0 unspecified atom stereocenters. The molecule has 0 amide bonds. The molecule has 2 heterocycles. The first kappa shape index (κ1) is 11.0. The van der Waals surface area contributed by atoms with Crippen LogP contribution in [0.2, 0.25) is 0 Å². The van der Waals surface area contributed by atoms with Gasteiger partial charge in [-0.25, -0.2) is 9.97 Å². The van der Waals surface area contributed by atoms with E-state index in [2.05, 4.69) is 15.0 Å². The van der Waals surface area contributed by atoms with Gasteiger partial charge < -0.3 is 4.90 Å². The molecule has 1 aliphatic carbocycles. The summed E-state index contributed by atoms with van der Waals surface area (Å²) in [4.78, 5) is 26.8. The summed E-state index contributed by atoms with van der Waals surface area (Å²) >= 11 is 0. The maximum atomic E-state index is 12.2. The van der Waals surface area contributed by atoms with Crippen molar-refractivity contribution in [2.45, 2.75) is 0 Å². The van der Waals surface area contributed by atoms with E-state index in [0.717, 1.165) is 17.1 Å². The highest BCUT2D eigenvalue weighted by atomic mass is 16.1. The van der Waals surface area contributed by atoms with Gasteiger partial charge in [0.15, 0.2) is 5.78 Å². The van der Waals surface area contributed by atoms with E-state index in [1.807, 2.05) is 35.2 Å². The molecule has 2 aliphatic rings. The number of carbonyl (C=O) groups excluding carboxylic acids is 1. The molecule has 0 spiro atoms. The van der Waals surface area contributed by atoms with Gasteiger partial charge in [-0.15, -0.1) is 0 Å². The molecule has 0 fully saturated rings. The first-order chi connectivity index (χ1) is 9.84. The fourth-order valence-corrected chi connectivity index (χ4v) is 2.50. The Bertz CT molecular complexity index is 764. The van der Waals surface area contributed by atoms with Crippen LogP contribution in [0.5, 0.6) is 0 Å². The lowest BCUT2D eigenvalue weighted by atomic mass is 9.98. The van der Waals surface area contributed by atoms with Crippen molar-refractivity contribution in [1.82, 2.24) is 9.97 Å². The summed E-state index contributed by atoms with van der Waals surface area (Å²) in [6.07, 6.45) is 4.61. The van der Waals surface area contributed by atoms with Crippen molar-refractivity contribution >= 4 is 17.2 Å². The molecule has 96 valence electrons. The largest absolute Gasteiger partial charge is 0.319 e. The van der Waals surface area contributed by atoms with Gasteiger partial charge in [-0.3, -0.25) is 9.79 Å². The summed E-state index contributed by atoms with van der Waals surface area (Å²) in [7, 11) is 0. The smallest absolute Gasteiger partial charge is 0.191 e. The Labute approximate surface area is 115 Å². The van der Waals surface area contributed by atoms with Gasteiger partial charge in [0.25, 0.3) is 0 Å². The standard InChI is InChI=1S/C15H10N4O/c20-13-6-12-15(14-11(13)7-16-8-17-14)18-9-19(12)10-4-2-1-3-5-10/h1-8H,9H2. The van der Waals surface area contributed by atoms with Gasteiger partial charge in [0.05, 0.1) is 11.3 Å². The fourth-order valence-electron chi connectivity index (χ4n) is 2.50. The molecule has 1 aromatic heterocycles. The van der Waals surface area contributed by atoms with E-state index in [1.54, 1.807) is 12.3 Å². The van der Waals surface area contributed by atoms with Crippen LogP contribution in [0.3, 0.4) is 0 Å². The van der Waals surface area contributed by atoms with Crippen LogP contribution >= 0.6 is 0 Å². The fraction of sp³-hybridized carbons (Fsp3) is 0.0667. The van der Waals surface area contributed by atoms with E-state index in [9.17, 15) is 4.79 Å². The second-order valence-electron chi connectivity index (χ2n) is 4.59. The number of fused-ring (bicyclic) bond motifs is 3. The highest BCUT2D eigenvalue weighted by Gasteiger charge is 2.32. The number of benzene rings is 1. The molecule has 0 saturated heterocycles. The summed E-state index contributed by atoms with van der Waals surface area (Å²) in [5.41, 5.74) is 3.74. The Kier molecular flexibility index (Phi) is 2.26. The van der Waals surface area contributed by atoms with E-state index in [4.69, 9.17) is 0 Å². The van der Waals surface area contributed by atoms with Crippen LogP contribution in [0.25, 0.3) is 0 Å². The quantitative estimate of drug-likeness (QED) is 0.786.